The highest BCUT2D eigenvalue weighted by Crippen LogP contribution is 2.28. The molecule has 0 aliphatic heterocycles. The van der Waals surface area contributed by atoms with E-state index in [2.05, 4.69) is 5.32 Å². The van der Waals surface area contributed by atoms with Gasteiger partial charge in [-0.25, -0.2) is 0 Å². The number of esters is 1. The fourth-order valence-corrected chi connectivity index (χ4v) is 3.91. The van der Waals surface area contributed by atoms with Crippen LogP contribution in [0.4, 0.5) is 0 Å². The average Bonchev–Trinajstić information content (AvgIpc) is 2.87. The van der Waals surface area contributed by atoms with E-state index >= 15 is 0 Å². The summed E-state index contributed by atoms with van der Waals surface area (Å²) < 4.78 is 4.94. The molecule has 22 heavy (non-hydrogen) atoms. The van der Waals surface area contributed by atoms with Crippen molar-refractivity contribution in [3.63, 3.8) is 0 Å². The van der Waals surface area contributed by atoms with Crippen LogP contribution in [0.2, 0.25) is 0 Å². The van der Waals surface area contributed by atoms with Crippen LogP contribution in [0.3, 0.4) is 0 Å². The number of carbonyl (C=O) groups excluding carboxylic acids is 2. The minimum absolute atomic E-state index is 0.0434. The van der Waals surface area contributed by atoms with Crippen LogP contribution in [0.15, 0.2) is 0 Å². The minimum Gasteiger partial charge on any atom is -0.469 e. The third-order valence-corrected chi connectivity index (χ3v) is 5.28. The van der Waals surface area contributed by atoms with Gasteiger partial charge in [0.25, 0.3) is 0 Å². The number of nitrogens with one attached hydrogen (secondary N) is 1. The molecule has 2 fully saturated rings. The van der Waals surface area contributed by atoms with Crippen molar-refractivity contribution in [3.05, 3.63) is 0 Å². The zero-order valence-corrected chi connectivity index (χ0v) is 13.7. The lowest BCUT2D eigenvalue weighted by Crippen LogP contribution is -2.45. The smallest absolute Gasteiger partial charge is 0.310 e. The van der Waals surface area contributed by atoms with Crippen LogP contribution in [0.1, 0.15) is 64.2 Å². The molecule has 1 amide bonds. The Balaban J connectivity index is 1.92. The molecule has 5 nitrogen and oxygen atoms in total. The lowest BCUT2D eigenvalue weighted by atomic mass is 9.86. The summed E-state index contributed by atoms with van der Waals surface area (Å²) >= 11 is 0. The van der Waals surface area contributed by atoms with E-state index in [0.29, 0.717) is 12.3 Å². The summed E-state index contributed by atoms with van der Waals surface area (Å²) in [6, 6.07) is 0.0670. The summed E-state index contributed by atoms with van der Waals surface area (Å²) in [4.78, 5) is 24.4. The Kier molecular flexibility index (Phi) is 6.68. The van der Waals surface area contributed by atoms with Crippen molar-refractivity contribution >= 4 is 11.9 Å². The number of rotatable bonds is 4. The standard InChI is InChI=1S/C17H30N2O3/c1-22-17(21)13-8-4-2-3-5-10-15(13)19-16(20)11-12-7-6-9-14(12)18/h12-15H,2-11,18H2,1H3,(H,19,20)/t12-,13?,14+,15?/m0/s1. The summed E-state index contributed by atoms with van der Waals surface area (Å²) in [5.41, 5.74) is 6.05. The number of nitrogens with two attached hydrogens (primary N) is 1. The van der Waals surface area contributed by atoms with Gasteiger partial charge < -0.3 is 15.8 Å². The Morgan fingerprint density at radius 2 is 1.77 bits per heavy atom. The highest BCUT2D eigenvalue weighted by atomic mass is 16.5. The summed E-state index contributed by atoms with van der Waals surface area (Å²) in [5.74, 6) is -0.0526. The molecule has 2 saturated carbocycles. The Labute approximate surface area is 133 Å². The quantitative estimate of drug-likeness (QED) is 0.779. The fraction of sp³-hybridized carbons (Fsp3) is 0.882. The molecular formula is C17H30N2O3. The normalized spacial score (nSPS) is 32.8. The van der Waals surface area contributed by atoms with Crippen molar-refractivity contribution in [2.75, 3.05) is 7.11 Å². The van der Waals surface area contributed by atoms with E-state index in [4.69, 9.17) is 10.5 Å². The molecule has 0 aromatic rings. The molecule has 4 atom stereocenters. The molecular weight excluding hydrogens is 280 g/mol. The molecule has 0 saturated heterocycles. The van der Waals surface area contributed by atoms with E-state index in [1.165, 1.54) is 13.5 Å². The predicted octanol–water partition coefficient (Wildman–Crippen LogP) is 2.13. The Morgan fingerprint density at radius 3 is 2.41 bits per heavy atom. The largest absolute Gasteiger partial charge is 0.469 e. The molecule has 2 aliphatic rings. The van der Waals surface area contributed by atoms with Crippen LogP contribution in [0.25, 0.3) is 0 Å². The Morgan fingerprint density at radius 1 is 1.05 bits per heavy atom. The van der Waals surface area contributed by atoms with Crippen molar-refractivity contribution in [3.8, 4) is 0 Å². The van der Waals surface area contributed by atoms with Crippen molar-refractivity contribution in [2.24, 2.45) is 17.6 Å². The third kappa shape index (κ3) is 4.70. The van der Waals surface area contributed by atoms with Crippen LogP contribution in [-0.4, -0.2) is 31.1 Å². The highest BCUT2D eigenvalue weighted by Gasteiger charge is 2.32. The second-order valence-corrected chi connectivity index (χ2v) is 6.85. The first-order valence-electron chi connectivity index (χ1n) is 8.74. The number of hydrogen-bond donors (Lipinski definition) is 2. The van der Waals surface area contributed by atoms with Gasteiger partial charge in [-0.05, 0) is 31.6 Å². The number of amides is 1. The van der Waals surface area contributed by atoms with Gasteiger partial charge in [0.1, 0.15) is 0 Å². The van der Waals surface area contributed by atoms with Gasteiger partial charge in [0.2, 0.25) is 5.91 Å². The molecule has 126 valence electrons. The molecule has 0 spiro atoms. The average molecular weight is 310 g/mol. The maximum Gasteiger partial charge on any atom is 0.310 e. The van der Waals surface area contributed by atoms with E-state index in [-0.39, 0.29) is 29.9 Å². The number of methoxy groups -OCH3 is 1. The molecule has 0 bridgehead atoms. The van der Waals surface area contributed by atoms with Crippen molar-refractivity contribution in [1.29, 1.82) is 0 Å². The maximum absolute atomic E-state index is 12.3. The first-order valence-corrected chi connectivity index (χ1v) is 8.74. The molecule has 2 rings (SSSR count). The van der Waals surface area contributed by atoms with Crippen LogP contribution in [-0.2, 0) is 14.3 Å². The molecule has 2 aliphatic carbocycles. The summed E-state index contributed by atoms with van der Waals surface area (Å²) in [7, 11) is 1.43. The number of hydrogen-bond acceptors (Lipinski definition) is 4. The topological polar surface area (TPSA) is 81.4 Å². The van der Waals surface area contributed by atoms with E-state index in [9.17, 15) is 9.59 Å². The van der Waals surface area contributed by atoms with E-state index in [0.717, 1.165) is 51.4 Å². The lowest BCUT2D eigenvalue weighted by Gasteiger charge is -2.29. The molecule has 0 aromatic heterocycles. The maximum atomic E-state index is 12.3. The van der Waals surface area contributed by atoms with Gasteiger partial charge in [-0.3, -0.25) is 9.59 Å². The molecule has 2 unspecified atom stereocenters. The van der Waals surface area contributed by atoms with Crippen LogP contribution in [0, 0.1) is 11.8 Å². The van der Waals surface area contributed by atoms with Crippen LogP contribution < -0.4 is 11.1 Å². The predicted molar refractivity (Wildman–Crippen MR) is 85.1 cm³/mol. The highest BCUT2D eigenvalue weighted by molar-refractivity contribution is 5.79. The zero-order chi connectivity index (χ0) is 15.9. The van der Waals surface area contributed by atoms with Crippen molar-refractivity contribution in [2.45, 2.75) is 76.3 Å². The van der Waals surface area contributed by atoms with Gasteiger partial charge >= 0.3 is 5.97 Å². The van der Waals surface area contributed by atoms with Gasteiger partial charge in [0.15, 0.2) is 0 Å². The van der Waals surface area contributed by atoms with Gasteiger partial charge in [0, 0.05) is 18.5 Å². The van der Waals surface area contributed by atoms with Gasteiger partial charge in [0.05, 0.1) is 13.0 Å². The first kappa shape index (κ1) is 17.3. The van der Waals surface area contributed by atoms with E-state index in [1.54, 1.807) is 0 Å². The van der Waals surface area contributed by atoms with Crippen molar-refractivity contribution in [1.82, 2.24) is 5.32 Å². The SMILES string of the molecule is COC(=O)C1CCCCCCC1NC(=O)C[C@@H]1CCC[C@H]1N. The minimum atomic E-state index is -0.202. The van der Waals surface area contributed by atoms with Gasteiger partial charge in [-0.15, -0.1) is 0 Å². The molecule has 0 radical (unpaired) electrons. The molecule has 5 heteroatoms. The summed E-state index contributed by atoms with van der Waals surface area (Å²) in [6.07, 6.45) is 9.76. The molecule has 3 N–H and O–H groups in total. The number of ether oxygens (including phenoxy) is 1. The Hall–Kier alpha value is -1.10. The molecule has 0 aromatic carbocycles. The summed E-state index contributed by atoms with van der Waals surface area (Å²) in [6.45, 7) is 0. The van der Waals surface area contributed by atoms with Crippen LogP contribution >= 0.6 is 0 Å². The van der Waals surface area contributed by atoms with Gasteiger partial charge in [-0.2, -0.15) is 0 Å². The van der Waals surface area contributed by atoms with Crippen LogP contribution in [0.5, 0.6) is 0 Å². The second-order valence-electron chi connectivity index (χ2n) is 6.85. The van der Waals surface area contributed by atoms with Crippen molar-refractivity contribution < 1.29 is 14.3 Å². The fourth-order valence-electron chi connectivity index (χ4n) is 3.91. The molecule has 0 heterocycles. The van der Waals surface area contributed by atoms with E-state index in [1.807, 2.05) is 0 Å². The van der Waals surface area contributed by atoms with E-state index < -0.39 is 0 Å². The third-order valence-electron chi connectivity index (χ3n) is 5.28. The monoisotopic (exact) mass is 310 g/mol. The zero-order valence-electron chi connectivity index (χ0n) is 13.7. The lowest BCUT2D eigenvalue weighted by molar-refractivity contribution is -0.147. The Bertz CT molecular complexity index is 386. The second kappa shape index (κ2) is 8.51. The summed E-state index contributed by atoms with van der Waals surface area (Å²) in [5, 5.41) is 3.10. The number of carbonyl (C=O) groups is 2. The first-order chi connectivity index (χ1) is 10.6. The van der Waals surface area contributed by atoms with Gasteiger partial charge in [-0.1, -0.05) is 32.1 Å².